The summed E-state index contributed by atoms with van der Waals surface area (Å²) in [6, 6.07) is 11.3. The molecule has 0 saturated heterocycles. The lowest BCUT2D eigenvalue weighted by atomic mass is 10.0. The Morgan fingerprint density at radius 3 is 2.75 bits per heavy atom. The molecule has 1 aromatic heterocycles. The van der Waals surface area contributed by atoms with Gasteiger partial charge in [-0.05, 0) is 23.3 Å². The maximum absolute atomic E-state index is 12.3. The van der Waals surface area contributed by atoms with Gasteiger partial charge >= 0.3 is 0 Å². The molecule has 1 aromatic carbocycles. The van der Waals surface area contributed by atoms with Crippen LogP contribution in [0.1, 0.15) is 23.0 Å². The van der Waals surface area contributed by atoms with E-state index in [0.29, 0.717) is 25.4 Å². The first kappa shape index (κ1) is 17.6. The second-order valence-electron chi connectivity index (χ2n) is 5.26. The van der Waals surface area contributed by atoms with Gasteiger partial charge in [0.1, 0.15) is 5.69 Å². The number of benzene rings is 1. The second-order valence-corrected chi connectivity index (χ2v) is 5.26. The molecule has 2 aromatic rings. The van der Waals surface area contributed by atoms with Gasteiger partial charge < -0.3 is 15.4 Å². The van der Waals surface area contributed by atoms with E-state index in [-0.39, 0.29) is 11.8 Å². The van der Waals surface area contributed by atoms with E-state index in [1.165, 1.54) is 6.92 Å². The van der Waals surface area contributed by atoms with Gasteiger partial charge in [-0.15, -0.1) is 0 Å². The largest absolute Gasteiger partial charge is 0.383 e. The van der Waals surface area contributed by atoms with Crippen LogP contribution in [0.5, 0.6) is 0 Å². The Morgan fingerprint density at radius 1 is 1.17 bits per heavy atom. The topological polar surface area (TPSA) is 80.3 Å². The van der Waals surface area contributed by atoms with E-state index in [1.807, 2.05) is 30.3 Å². The predicted molar refractivity (Wildman–Crippen MR) is 91.4 cm³/mol. The molecule has 0 aliphatic heterocycles. The molecule has 6 heteroatoms. The zero-order valence-electron chi connectivity index (χ0n) is 13.8. The van der Waals surface area contributed by atoms with E-state index in [1.54, 1.807) is 19.4 Å². The SMILES string of the molecule is COCCNC(=O)c1ncccc1-c1cccc(CNC(C)=O)c1. The van der Waals surface area contributed by atoms with Crippen molar-refractivity contribution >= 4 is 11.8 Å². The second kappa shape index (κ2) is 8.79. The fraction of sp³-hybridized carbons (Fsp3) is 0.278. The summed E-state index contributed by atoms with van der Waals surface area (Å²) in [5.41, 5.74) is 2.95. The predicted octanol–water partition coefficient (Wildman–Crippen LogP) is 1.76. The summed E-state index contributed by atoms with van der Waals surface area (Å²) < 4.78 is 4.94. The monoisotopic (exact) mass is 327 g/mol. The Labute approximate surface area is 141 Å². The van der Waals surface area contributed by atoms with Crippen LogP contribution in [-0.4, -0.2) is 37.1 Å². The number of hydrogen-bond donors (Lipinski definition) is 2. The van der Waals surface area contributed by atoms with Gasteiger partial charge in [0.15, 0.2) is 0 Å². The number of aromatic nitrogens is 1. The number of carbonyl (C=O) groups excluding carboxylic acids is 2. The molecule has 2 N–H and O–H groups in total. The summed E-state index contributed by atoms with van der Waals surface area (Å²) >= 11 is 0. The zero-order valence-corrected chi connectivity index (χ0v) is 13.8. The molecule has 24 heavy (non-hydrogen) atoms. The molecular formula is C18H21N3O3. The third-order valence-corrected chi connectivity index (χ3v) is 3.39. The Kier molecular flexibility index (Phi) is 6.45. The molecular weight excluding hydrogens is 306 g/mol. The number of hydrogen-bond acceptors (Lipinski definition) is 4. The lowest BCUT2D eigenvalue weighted by Crippen LogP contribution is -2.28. The van der Waals surface area contributed by atoms with Crippen LogP contribution < -0.4 is 10.6 Å². The number of nitrogens with one attached hydrogen (secondary N) is 2. The minimum atomic E-state index is -0.241. The van der Waals surface area contributed by atoms with Crippen molar-refractivity contribution in [2.45, 2.75) is 13.5 Å². The van der Waals surface area contributed by atoms with Crippen molar-refractivity contribution in [2.75, 3.05) is 20.3 Å². The molecule has 0 aliphatic carbocycles. The van der Waals surface area contributed by atoms with Crippen molar-refractivity contribution in [1.29, 1.82) is 0 Å². The van der Waals surface area contributed by atoms with Crippen LogP contribution in [0, 0.1) is 0 Å². The maximum atomic E-state index is 12.3. The number of amides is 2. The first-order valence-corrected chi connectivity index (χ1v) is 7.67. The molecule has 0 radical (unpaired) electrons. The van der Waals surface area contributed by atoms with Crippen LogP contribution in [0.15, 0.2) is 42.6 Å². The first-order chi connectivity index (χ1) is 11.6. The van der Waals surface area contributed by atoms with Gasteiger partial charge in [-0.25, -0.2) is 0 Å². The van der Waals surface area contributed by atoms with Gasteiger partial charge in [0.25, 0.3) is 5.91 Å². The van der Waals surface area contributed by atoms with Crippen molar-refractivity contribution in [2.24, 2.45) is 0 Å². The molecule has 2 rings (SSSR count). The van der Waals surface area contributed by atoms with Crippen LogP contribution in [0.25, 0.3) is 11.1 Å². The number of ether oxygens (including phenoxy) is 1. The van der Waals surface area contributed by atoms with E-state index in [4.69, 9.17) is 4.74 Å². The average molecular weight is 327 g/mol. The summed E-state index contributed by atoms with van der Waals surface area (Å²) in [6.45, 7) is 2.79. The number of rotatable bonds is 7. The summed E-state index contributed by atoms with van der Waals surface area (Å²) in [5.74, 6) is -0.324. The third-order valence-electron chi connectivity index (χ3n) is 3.39. The smallest absolute Gasteiger partial charge is 0.270 e. The first-order valence-electron chi connectivity index (χ1n) is 7.67. The Morgan fingerprint density at radius 2 is 2.00 bits per heavy atom. The standard InChI is InChI=1S/C18H21N3O3/c1-13(22)21-12-14-5-3-6-15(11-14)16-7-4-8-19-17(16)18(23)20-9-10-24-2/h3-8,11H,9-10,12H2,1-2H3,(H,20,23)(H,21,22). The lowest BCUT2D eigenvalue weighted by molar-refractivity contribution is -0.119. The van der Waals surface area contributed by atoms with E-state index in [9.17, 15) is 9.59 Å². The highest BCUT2D eigenvalue weighted by Crippen LogP contribution is 2.23. The highest BCUT2D eigenvalue weighted by atomic mass is 16.5. The minimum absolute atomic E-state index is 0.0833. The quantitative estimate of drug-likeness (QED) is 0.760. The van der Waals surface area contributed by atoms with Crippen molar-refractivity contribution in [3.05, 3.63) is 53.9 Å². The van der Waals surface area contributed by atoms with E-state index >= 15 is 0 Å². The molecule has 126 valence electrons. The number of carbonyl (C=O) groups is 2. The fourth-order valence-electron chi connectivity index (χ4n) is 2.24. The maximum Gasteiger partial charge on any atom is 0.270 e. The van der Waals surface area contributed by atoms with E-state index in [0.717, 1.165) is 16.7 Å². The van der Waals surface area contributed by atoms with Crippen molar-refractivity contribution in [1.82, 2.24) is 15.6 Å². The number of pyridine rings is 1. The molecule has 0 atom stereocenters. The summed E-state index contributed by atoms with van der Waals surface area (Å²) in [7, 11) is 1.58. The summed E-state index contributed by atoms with van der Waals surface area (Å²) in [4.78, 5) is 27.6. The van der Waals surface area contributed by atoms with Crippen LogP contribution in [0.4, 0.5) is 0 Å². The molecule has 1 heterocycles. The van der Waals surface area contributed by atoms with Gasteiger partial charge in [-0.2, -0.15) is 0 Å². The Balaban J connectivity index is 2.24. The molecule has 0 fully saturated rings. The summed E-state index contributed by atoms with van der Waals surface area (Å²) in [6.07, 6.45) is 1.59. The molecule has 0 aliphatic rings. The Bertz CT molecular complexity index is 716. The van der Waals surface area contributed by atoms with Crippen LogP contribution in [0.2, 0.25) is 0 Å². The van der Waals surface area contributed by atoms with Gasteiger partial charge in [0.05, 0.1) is 6.61 Å². The molecule has 0 spiro atoms. The lowest BCUT2D eigenvalue weighted by Gasteiger charge is -2.11. The molecule has 6 nitrogen and oxygen atoms in total. The zero-order chi connectivity index (χ0) is 17.4. The van der Waals surface area contributed by atoms with Gasteiger partial charge in [-0.1, -0.05) is 24.3 Å². The van der Waals surface area contributed by atoms with Gasteiger partial charge in [0, 0.05) is 38.9 Å². The van der Waals surface area contributed by atoms with Crippen LogP contribution in [0.3, 0.4) is 0 Å². The van der Waals surface area contributed by atoms with Crippen molar-refractivity contribution in [3.63, 3.8) is 0 Å². The minimum Gasteiger partial charge on any atom is -0.383 e. The Hall–Kier alpha value is -2.73. The molecule has 2 amide bonds. The van der Waals surface area contributed by atoms with Crippen LogP contribution >= 0.6 is 0 Å². The molecule has 0 bridgehead atoms. The van der Waals surface area contributed by atoms with Crippen molar-refractivity contribution in [3.8, 4) is 11.1 Å². The van der Waals surface area contributed by atoms with Crippen molar-refractivity contribution < 1.29 is 14.3 Å². The third kappa shape index (κ3) is 4.89. The molecule has 0 saturated carbocycles. The normalized spacial score (nSPS) is 10.2. The fourth-order valence-corrected chi connectivity index (χ4v) is 2.24. The van der Waals surface area contributed by atoms with E-state index in [2.05, 4.69) is 15.6 Å². The highest BCUT2D eigenvalue weighted by Gasteiger charge is 2.14. The number of nitrogens with zero attached hydrogens (tertiary/aromatic N) is 1. The van der Waals surface area contributed by atoms with Gasteiger partial charge in [0.2, 0.25) is 5.91 Å². The summed E-state index contributed by atoms with van der Waals surface area (Å²) in [5, 5.41) is 5.55. The number of methoxy groups -OCH3 is 1. The van der Waals surface area contributed by atoms with E-state index < -0.39 is 0 Å². The highest BCUT2D eigenvalue weighted by molar-refractivity contribution is 5.98. The van der Waals surface area contributed by atoms with Crippen LogP contribution in [-0.2, 0) is 16.1 Å². The average Bonchev–Trinajstić information content (AvgIpc) is 2.60. The van der Waals surface area contributed by atoms with Gasteiger partial charge in [-0.3, -0.25) is 14.6 Å². The molecule has 0 unspecified atom stereocenters.